The molecule has 64 valence electrons. The smallest absolute Gasteiger partial charge is 0.169 e. The average molecular weight is 164 g/mol. The fraction of sp³-hybridized carbons (Fsp3) is 0.500. The summed E-state index contributed by atoms with van der Waals surface area (Å²) in [4.78, 5) is 11.6. The normalized spacial score (nSPS) is 16.4. The van der Waals surface area contributed by atoms with Crippen LogP contribution in [0.25, 0.3) is 0 Å². The fourth-order valence-corrected chi connectivity index (χ4v) is 1.40. The van der Waals surface area contributed by atoms with Crippen molar-refractivity contribution >= 4 is 5.78 Å². The first-order chi connectivity index (χ1) is 5.83. The quantitative estimate of drug-likeness (QED) is 0.642. The van der Waals surface area contributed by atoms with Gasteiger partial charge in [0.05, 0.1) is 11.8 Å². The third-order valence-corrected chi connectivity index (χ3v) is 2.28. The molecule has 0 aliphatic heterocycles. The maximum absolute atomic E-state index is 11.6. The second-order valence-electron chi connectivity index (χ2n) is 3.25. The van der Waals surface area contributed by atoms with Crippen LogP contribution < -0.4 is 0 Å². The van der Waals surface area contributed by atoms with E-state index in [0.717, 1.165) is 30.6 Å². The van der Waals surface area contributed by atoms with Gasteiger partial charge in [-0.25, -0.2) is 0 Å². The lowest BCUT2D eigenvalue weighted by Crippen LogP contribution is -2.02. The van der Waals surface area contributed by atoms with Gasteiger partial charge in [0.25, 0.3) is 0 Å². The standard InChI is InChI=1S/C10H12O2/c1-2-9-8(5-6-12-9)10(11)7-3-4-7/h5-7H,2-4H2,1H3. The van der Waals surface area contributed by atoms with Crippen LogP contribution in [0.1, 0.15) is 35.9 Å². The zero-order valence-corrected chi connectivity index (χ0v) is 7.17. The van der Waals surface area contributed by atoms with Crippen LogP contribution in [0.3, 0.4) is 0 Å². The van der Waals surface area contributed by atoms with E-state index in [9.17, 15) is 4.79 Å². The van der Waals surface area contributed by atoms with Crippen LogP contribution in [0.4, 0.5) is 0 Å². The molecule has 1 saturated carbocycles. The van der Waals surface area contributed by atoms with Crippen LogP contribution in [0, 0.1) is 5.92 Å². The van der Waals surface area contributed by atoms with Gasteiger partial charge in [0.2, 0.25) is 0 Å². The Morgan fingerprint density at radius 1 is 1.67 bits per heavy atom. The van der Waals surface area contributed by atoms with Crippen molar-refractivity contribution in [1.29, 1.82) is 0 Å². The number of carbonyl (C=O) groups excluding carboxylic acids is 1. The highest BCUT2D eigenvalue weighted by atomic mass is 16.3. The summed E-state index contributed by atoms with van der Waals surface area (Å²) in [5.41, 5.74) is 0.806. The largest absolute Gasteiger partial charge is 0.469 e. The van der Waals surface area contributed by atoms with E-state index < -0.39 is 0 Å². The van der Waals surface area contributed by atoms with Crippen molar-refractivity contribution in [2.24, 2.45) is 5.92 Å². The first-order valence-electron chi connectivity index (χ1n) is 4.43. The third kappa shape index (κ3) is 1.17. The van der Waals surface area contributed by atoms with Crippen molar-refractivity contribution < 1.29 is 9.21 Å². The molecule has 0 radical (unpaired) electrons. The van der Waals surface area contributed by atoms with Crippen LogP contribution in [0.5, 0.6) is 0 Å². The van der Waals surface area contributed by atoms with Crippen molar-refractivity contribution in [3.8, 4) is 0 Å². The first kappa shape index (κ1) is 7.59. The number of hydrogen-bond acceptors (Lipinski definition) is 2. The number of rotatable bonds is 3. The van der Waals surface area contributed by atoms with Crippen LogP contribution in [-0.4, -0.2) is 5.78 Å². The molecule has 12 heavy (non-hydrogen) atoms. The lowest BCUT2D eigenvalue weighted by atomic mass is 10.1. The lowest BCUT2D eigenvalue weighted by molar-refractivity contribution is 0.0966. The SMILES string of the molecule is CCc1occc1C(=O)C1CC1. The van der Waals surface area contributed by atoms with Crippen LogP contribution >= 0.6 is 0 Å². The second kappa shape index (κ2) is 2.77. The maximum atomic E-state index is 11.6. The molecule has 0 bridgehead atoms. The Bertz CT molecular complexity index is 295. The minimum absolute atomic E-state index is 0.278. The molecule has 0 aromatic carbocycles. The van der Waals surface area contributed by atoms with Crippen molar-refractivity contribution in [1.82, 2.24) is 0 Å². The van der Waals surface area contributed by atoms with Crippen LogP contribution in [0.15, 0.2) is 16.7 Å². The summed E-state index contributed by atoms with van der Waals surface area (Å²) in [6, 6.07) is 1.79. The minimum atomic E-state index is 0.278. The first-order valence-corrected chi connectivity index (χ1v) is 4.43. The summed E-state index contributed by atoms with van der Waals surface area (Å²) in [5.74, 6) is 1.42. The molecule has 1 fully saturated rings. The molecule has 0 N–H and O–H groups in total. The van der Waals surface area contributed by atoms with Crippen LogP contribution in [-0.2, 0) is 6.42 Å². The van der Waals surface area contributed by atoms with Gasteiger partial charge in [-0.15, -0.1) is 0 Å². The van der Waals surface area contributed by atoms with Gasteiger partial charge in [0, 0.05) is 12.3 Å². The second-order valence-corrected chi connectivity index (χ2v) is 3.25. The Labute approximate surface area is 71.6 Å². The fourth-order valence-electron chi connectivity index (χ4n) is 1.40. The van der Waals surface area contributed by atoms with Crippen molar-refractivity contribution in [2.45, 2.75) is 26.2 Å². The molecule has 2 rings (SSSR count). The van der Waals surface area contributed by atoms with Gasteiger partial charge in [-0.1, -0.05) is 6.92 Å². The molecule has 2 heteroatoms. The van der Waals surface area contributed by atoms with Crippen LogP contribution in [0.2, 0.25) is 0 Å². The predicted molar refractivity (Wildman–Crippen MR) is 45.1 cm³/mol. The molecule has 1 heterocycles. The number of hydrogen-bond donors (Lipinski definition) is 0. The summed E-state index contributed by atoms with van der Waals surface area (Å²) in [6.45, 7) is 2.00. The lowest BCUT2D eigenvalue weighted by Gasteiger charge is -1.96. The van der Waals surface area contributed by atoms with Gasteiger partial charge in [-0.05, 0) is 18.9 Å². The highest BCUT2D eigenvalue weighted by molar-refractivity contribution is 6.00. The number of aryl methyl sites for hydroxylation is 1. The summed E-state index contributed by atoms with van der Waals surface area (Å²) in [6.07, 6.45) is 4.54. The van der Waals surface area contributed by atoms with Crippen molar-refractivity contribution in [3.63, 3.8) is 0 Å². The Morgan fingerprint density at radius 3 is 3.00 bits per heavy atom. The molecule has 0 saturated heterocycles. The summed E-state index contributed by atoms with van der Waals surface area (Å²) in [5, 5.41) is 0. The van der Waals surface area contributed by atoms with Crippen molar-refractivity contribution in [2.75, 3.05) is 0 Å². The van der Waals surface area contributed by atoms with Gasteiger partial charge in [-0.3, -0.25) is 4.79 Å². The highest BCUT2D eigenvalue weighted by Crippen LogP contribution is 2.33. The Balaban J connectivity index is 2.25. The number of Topliss-reactive ketones (excluding diaryl/α,β-unsaturated/α-hetero) is 1. The van der Waals surface area contributed by atoms with Gasteiger partial charge in [-0.2, -0.15) is 0 Å². The zero-order chi connectivity index (χ0) is 8.55. The summed E-state index contributed by atoms with van der Waals surface area (Å²) < 4.78 is 5.19. The van der Waals surface area contributed by atoms with E-state index in [2.05, 4.69) is 0 Å². The highest BCUT2D eigenvalue weighted by Gasteiger charge is 2.32. The van der Waals surface area contributed by atoms with Gasteiger partial charge < -0.3 is 4.42 Å². The molecule has 0 unspecified atom stereocenters. The molecule has 0 atom stereocenters. The molecule has 1 aliphatic rings. The van der Waals surface area contributed by atoms with E-state index in [0.29, 0.717) is 5.92 Å². The Kier molecular flexibility index (Phi) is 1.75. The maximum Gasteiger partial charge on any atom is 0.169 e. The van der Waals surface area contributed by atoms with E-state index in [-0.39, 0.29) is 5.78 Å². The van der Waals surface area contributed by atoms with E-state index >= 15 is 0 Å². The molecule has 0 spiro atoms. The Morgan fingerprint density at radius 2 is 2.42 bits per heavy atom. The molecule has 1 aliphatic carbocycles. The molecule has 1 aromatic rings. The topological polar surface area (TPSA) is 30.2 Å². The third-order valence-electron chi connectivity index (χ3n) is 2.28. The van der Waals surface area contributed by atoms with E-state index in [1.165, 1.54) is 0 Å². The molecule has 1 aromatic heterocycles. The predicted octanol–water partition coefficient (Wildman–Crippen LogP) is 2.43. The molecule has 2 nitrogen and oxygen atoms in total. The number of carbonyl (C=O) groups is 1. The van der Waals surface area contributed by atoms with Gasteiger partial charge in [0.1, 0.15) is 5.76 Å². The number of furan rings is 1. The zero-order valence-electron chi connectivity index (χ0n) is 7.17. The molecular weight excluding hydrogens is 152 g/mol. The van der Waals surface area contributed by atoms with Gasteiger partial charge in [0.15, 0.2) is 5.78 Å². The average Bonchev–Trinajstić information content (AvgIpc) is 2.82. The van der Waals surface area contributed by atoms with E-state index in [1.807, 2.05) is 6.92 Å². The van der Waals surface area contributed by atoms with E-state index in [1.54, 1.807) is 12.3 Å². The summed E-state index contributed by atoms with van der Waals surface area (Å²) in [7, 11) is 0. The molecular formula is C10H12O2. The van der Waals surface area contributed by atoms with E-state index in [4.69, 9.17) is 4.42 Å². The Hall–Kier alpha value is -1.05. The summed E-state index contributed by atoms with van der Waals surface area (Å²) >= 11 is 0. The van der Waals surface area contributed by atoms with Crippen molar-refractivity contribution in [3.05, 3.63) is 23.7 Å². The van der Waals surface area contributed by atoms with Gasteiger partial charge >= 0.3 is 0 Å². The molecule has 0 amide bonds. The number of ketones is 1. The minimum Gasteiger partial charge on any atom is -0.469 e. The monoisotopic (exact) mass is 164 g/mol.